The number of hydrogen-bond donors (Lipinski definition) is 0. The standard InChI is InChI=1S/C76H73BN2S/c1-72(2,3)49-34-39-64(53(42-49)47-26-16-13-17-27-47)79-67-41-48(46-24-14-12-15-25-46)40-66-69(67)77(62-38-36-52-51-28-18-23-33-68(51)80-71(52)70(62)79)63-44-60-61(76(10,11)57-32-22-21-31-56(57)75(60,8)9)45-65(63)78(66)50-35-37-58-59(43-50)74(6,7)55-30-20-19-29-54(55)73(58,4)5/h13,16-23,26-46H,12,14-15,24-25H2,1-11H3. The molecule has 396 valence electrons. The molecule has 1 fully saturated rings. The van der Waals surface area contributed by atoms with Crippen LogP contribution < -0.4 is 26.2 Å². The summed E-state index contributed by atoms with van der Waals surface area (Å²) in [6.45, 7) is 26.8. The van der Waals surface area contributed by atoms with Crippen molar-refractivity contribution in [1.29, 1.82) is 0 Å². The van der Waals surface area contributed by atoms with Crippen molar-refractivity contribution in [2.24, 2.45) is 0 Å². The van der Waals surface area contributed by atoms with Crippen LogP contribution in [-0.4, -0.2) is 6.71 Å². The molecule has 2 aliphatic heterocycles. The Morgan fingerprint density at radius 2 is 1.01 bits per heavy atom. The van der Waals surface area contributed by atoms with Gasteiger partial charge in [0.2, 0.25) is 0 Å². The van der Waals surface area contributed by atoms with Crippen LogP contribution in [0.1, 0.15) is 170 Å². The first-order valence-electron chi connectivity index (χ1n) is 29.8. The zero-order chi connectivity index (χ0) is 55.0. The largest absolute Gasteiger partial charge is 0.311 e. The van der Waals surface area contributed by atoms with Gasteiger partial charge in [-0.2, -0.15) is 0 Å². The van der Waals surface area contributed by atoms with Crippen molar-refractivity contribution in [3.05, 3.63) is 232 Å². The zero-order valence-corrected chi connectivity index (χ0v) is 49.6. The summed E-state index contributed by atoms with van der Waals surface area (Å²) in [6, 6.07) is 69.8. The van der Waals surface area contributed by atoms with Crippen molar-refractivity contribution in [2.75, 3.05) is 9.80 Å². The average Bonchev–Trinajstić information content (AvgIpc) is 4.01. The predicted molar refractivity (Wildman–Crippen MR) is 345 cm³/mol. The number of thiophene rings is 1. The second-order valence-corrected chi connectivity index (χ2v) is 28.6. The van der Waals surface area contributed by atoms with Crippen molar-refractivity contribution in [1.82, 2.24) is 0 Å². The van der Waals surface area contributed by atoms with E-state index in [1.807, 2.05) is 11.3 Å². The fraction of sp³-hybridized carbons (Fsp3) is 0.289. The van der Waals surface area contributed by atoms with Gasteiger partial charge in [-0.05, 0) is 150 Å². The monoisotopic (exact) mass is 1060 g/mol. The third kappa shape index (κ3) is 6.96. The molecule has 0 bridgehead atoms. The van der Waals surface area contributed by atoms with Crippen molar-refractivity contribution in [2.45, 2.75) is 141 Å². The molecule has 4 heteroatoms. The SMILES string of the molecule is CC(C)(C)c1ccc(N2c3cc(C4CCCCC4)cc4c3B(c3cc5c(cc3N4c3ccc4c(c3)C(C)(C)c3ccccc3C4(C)C)C(C)(C)c3ccccc3C5(C)C)c3ccc4c(sc5ccccc54)c32)c(-c2ccccc2)c1. The lowest BCUT2D eigenvalue weighted by Gasteiger charge is -2.49. The first-order valence-corrected chi connectivity index (χ1v) is 30.6. The molecule has 0 atom stereocenters. The van der Waals surface area contributed by atoms with Gasteiger partial charge in [0, 0.05) is 65.4 Å². The normalized spacial score (nSPS) is 18.0. The highest BCUT2D eigenvalue weighted by Gasteiger charge is 2.50. The molecule has 2 nitrogen and oxygen atoms in total. The van der Waals surface area contributed by atoms with Crippen LogP contribution in [0.5, 0.6) is 0 Å². The molecule has 3 heterocycles. The second-order valence-electron chi connectivity index (χ2n) is 27.5. The van der Waals surface area contributed by atoms with Crippen molar-refractivity contribution < 1.29 is 0 Å². The molecule has 0 unspecified atom stereocenters. The quantitative estimate of drug-likeness (QED) is 0.162. The first-order chi connectivity index (χ1) is 38.3. The number of nitrogens with zero attached hydrogens (tertiary/aromatic N) is 2. The second kappa shape index (κ2) is 17.2. The van der Waals surface area contributed by atoms with Gasteiger partial charge < -0.3 is 9.80 Å². The molecular formula is C76H73BN2S. The van der Waals surface area contributed by atoms with E-state index in [0.717, 1.165) is 0 Å². The fourth-order valence-electron chi connectivity index (χ4n) is 16.1. The molecule has 15 rings (SSSR count). The molecule has 0 amide bonds. The minimum atomic E-state index is -0.235. The highest BCUT2D eigenvalue weighted by molar-refractivity contribution is 7.26. The zero-order valence-electron chi connectivity index (χ0n) is 48.7. The Kier molecular flexibility index (Phi) is 10.7. The number of anilines is 6. The Morgan fingerprint density at radius 3 is 1.66 bits per heavy atom. The first kappa shape index (κ1) is 49.9. The van der Waals surface area contributed by atoms with Gasteiger partial charge in [0.25, 0.3) is 6.71 Å². The van der Waals surface area contributed by atoms with Crippen LogP contribution in [0.15, 0.2) is 176 Å². The lowest BCUT2D eigenvalue weighted by molar-refractivity contribution is 0.444. The molecule has 80 heavy (non-hydrogen) atoms. The van der Waals surface area contributed by atoms with E-state index in [2.05, 4.69) is 262 Å². The van der Waals surface area contributed by atoms with E-state index in [0.29, 0.717) is 5.92 Å². The van der Waals surface area contributed by atoms with Crippen LogP contribution in [0.25, 0.3) is 31.3 Å². The summed E-state index contributed by atoms with van der Waals surface area (Å²) in [5.74, 6) is 0.465. The van der Waals surface area contributed by atoms with Crippen LogP contribution in [0.4, 0.5) is 34.1 Å². The van der Waals surface area contributed by atoms with Gasteiger partial charge in [0.05, 0.1) is 16.1 Å². The lowest BCUT2D eigenvalue weighted by atomic mass is 9.33. The molecule has 10 aromatic rings. The highest BCUT2D eigenvalue weighted by Crippen LogP contribution is 2.57. The van der Waals surface area contributed by atoms with E-state index in [4.69, 9.17) is 0 Å². The maximum absolute atomic E-state index is 2.78. The Balaban J connectivity index is 1.10. The van der Waals surface area contributed by atoms with Crippen molar-refractivity contribution in [3.8, 4) is 11.1 Å². The Morgan fingerprint density at radius 1 is 0.450 bits per heavy atom. The van der Waals surface area contributed by atoms with Gasteiger partial charge in [-0.3, -0.25) is 0 Å². The topological polar surface area (TPSA) is 6.48 Å². The van der Waals surface area contributed by atoms with Crippen LogP contribution in [0, 0.1) is 0 Å². The molecule has 1 aromatic heterocycles. The van der Waals surface area contributed by atoms with Crippen LogP contribution in [0.3, 0.4) is 0 Å². The number of rotatable bonds is 4. The van der Waals surface area contributed by atoms with Gasteiger partial charge in [0.15, 0.2) is 0 Å². The summed E-state index contributed by atoms with van der Waals surface area (Å²) in [5.41, 5.74) is 27.7. The molecule has 5 aliphatic rings. The minimum Gasteiger partial charge on any atom is -0.311 e. The predicted octanol–water partition coefficient (Wildman–Crippen LogP) is 19.1. The Hall–Kier alpha value is -7.14. The summed E-state index contributed by atoms with van der Waals surface area (Å²) in [5, 5.41) is 2.66. The van der Waals surface area contributed by atoms with Gasteiger partial charge in [-0.25, -0.2) is 0 Å². The van der Waals surface area contributed by atoms with Crippen LogP contribution in [-0.2, 0) is 27.1 Å². The van der Waals surface area contributed by atoms with Crippen molar-refractivity contribution >= 4 is 88.7 Å². The van der Waals surface area contributed by atoms with Crippen molar-refractivity contribution in [3.63, 3.8) is 0 Å². The highest BCUT2D eigenvalue weighted by atomic mass is 32.1. The van der Waals surface area contributed by atoms with E-state index < -0.39 is 0 Å². The lowest BCUT2D eigenvalue weighted by Crippen LogP contribution is -2.62. The molecule has 0 saturated heterocycles. The molecule has 1 saturated carbocycles. The van der Waals surface area contributed by atoms with E-state index in [9.17, 15) is 0 Å². The van der Waals surface area contributed by atoms with Gasteiger partial charge in [-0.1, -0.05) is 223 Å². The van der Waals surface area contributed by atoms with E-state index >= 15 is 0 Å². The maximum atomic E-state index is 2.78. The van der Waals surface area contributed by atoms with E-state index in [1.165, 1.54) is 170 Å². The maximum Gasteiger partial charge on any atom is 0.252 e. The van der Waals surface area contributed by atoms with E-state index in [-0.39, 0.29) is 33.8 Å². The number of benzene rings is 9. The summed E-state index contributed by atoms with van der Waals surface area (Å²) in [6.07, 6.45) is 6.27. The Labute approximate surface area is 479 Å². The number of fused-ring (bicyclic) bond motifs is 12. The molecule has 0 N–H and O–H groups in total. The Bertz CT molecular complexity index is 4230. The summed E-state index contributed by atoms with van der Waals surface area (Å²) in [4.78, 5) is 5.55. The molecule has 0 spiro atoms. The summed E-state index contributed by atoms with van der Waals surface area (Å²) in [7, 11) is 0. The van der Waals surface area contributed by atoms with E-state index in [1.54, 1.807) is 0 Å². The molecule has 0 radical (unpaired) electrons. The van der Waals surface area contributed by atoms with Crippen LogP contribution in [0.2, 0.25) is 0 Å². The molecular weight excluding hydrogens is 984 g/mol. The van der Waals surface area contributed by atoms with Gasteiger partial charge in [0.1, 0.15) is 0 Å². The third-order valence-electron chi connectivity index (χ3n) is 20.5. The minimum absolute atomic E-state index is 0.0391. The molecule has 9 aromatic carbocycles. The third-order valence-corrected chi connectivity index (χ3v) is 21.7. The smallest absolute Gasteiger partial charge is 0.252 e. The molecule has 3 aliphatic carbocycles. The fourth-order valence-corrected chi connectivity index (χ4v) is 17.3. The summed E-state index contributed by atoms with van der Waals surface area (Å²) < 4.78 is 2.69. The van der Waals surface area contributed by atoms with Crippen LogP contribution >= 0.6 is 11.3 Å². The van der Waals surface area contributed by atoms with Gasteiger partial charge >= 0.3 is 0 Å². The average molecular weight is 1060 g/mol. The van der Waals surface area contributed by atoms with Gasteiger partial charge in [-0.15, -0.1) is 11.3 Å². The number of hydrogen-bond acceptors (Lipinski definition) is 3. The summed E-state index contributed by atoms with van der Waals surface area (Å²) >= 11 is 1.97.